The second-order valence-corrected chi connectivity index (χ2v) is 7.92. The molecule has 0 aromatic carbocycles. The number of piperidine rings is 1. The van der Waals surface area contributed by atoms with Crippen LogP contribution in [0.5, 0.6) is 0 Å². The van der Waals surface area contributed by atoms with E-state index in [0.717, 1.165) is 31.6 Å². The number of hydrogen-bond donors (Lipinski definition) is 1. The molecule has 1 fully saturated rings. The van der Waals surface area contributed by atoms with Gasteiger partial charge < -0.3 is 14.3 Å². The molecule has 4 aromatic rings. The van der Waals surface area contributed by atoms with E-state index < -0.39 is 0 Å². The van der Waals surface area contributed by atoms with Crippen LogP contribution in [0.15, 0.2) is 39.9 Å². The lowest BCUT2D eigenvalue weighted by molar-refractivity contribution is 0.390. The number of aryl methyl sites for hydroxylation is 2. The minimum absolute atomic E-state index is 0.0546. The Balaban J connectivity index is 1.71. The first kappa shape index (κ1) is 18.9. The fourth-order valence-electron chi connectivity index (χ4n) is 4.22. The summed E-state index contributed by atoms with van der Waals surface area (Å²) >= 11 is 6.45. The van der Waals surface area contributed by atoms with Gasteiger partial charge >= 0.3 is 0 Å². The van der Waals surface area contributed by atoms with Crippen LogP contribution in [0.3, 0.4) is 0 Å². The van der Waals surface area contributed by atoms with Crippen LogP contribution in [-0.2, 0) is 7.05 Å². The summed E-state index contributed by atoms with van der Waals surface area (Å²) in [6, 6.07) is 5.62. The molecule has 1 aliphatic rings. The Morgan fingerprint density at radius 3 is 2.90 bits per heavy atom. The van der Waals surface area contributed by atoms with Crippen molar-refractivity contribution in [1.82, 2.24) is 24.7 Å². The Labute approximate surface area is 177 Å². The molecule has 0 bridgehead atoms. The minimum atomic E-state index is -0.236. The van der Waals surface area contributed by atoms with Crippen LogP contribution in [0.1, 0.15) is 36.8 Å². The van der Waals surface area contributed by atoms with Crippen LogP contribution in [0.25, 0.3) is 22.4 Å². The number of aromatic nitrogens is 5. The summed E-state index contributed by atoms with van der Waals surface area (Å²) in [5.74, 6) is 1.95. The van der Waals surface area contributed by atoms with Gasteiger partial charge in [0.1, 0.15) is 17.0 Å². The van der Waals surface area contributed by atoms with E-state index >= 15 is 0 Å². The van der Waals surface area contributed by atoms with E-state index in [1.807, 2.05) is 19.1 Å². The number of H-pyrrole nitrogens is 1. The summed E-state index contributed by atoms with van der Waals surface area (Å²) in [5.41, 5.74) is 1.56. The van der Waals surface area contributed by atoms with Crippen molar-refractivity contribution in [2.24, 2.45) is 7.05 Å². The van der Waals surface area contributed by atoms with Crippen molar-refractivity contribution in [2.45, 2.75) is 32.2 Å². The van der Waals surface area contributed by atoms with Crippen molar-refractivity contribution in [2.75, 3.05) is 11.4 Å². The first-order valence-electron chi connectivity index (χ1n) is 9.93. The number of aromatic amines is 1. The lowest BCUT2D eigenvalue weighted by atomic mass is 9.99. The zero-order valence-electron chi connectivity index (χ0n) is 16.7. The number of nitrogens with zero attached hydrogens (tertiary/aromatic N) is 5. The van der Waals surface area contributed by atoms with Crippen molar-refractivity contribution < 1.29 is 4.42 Å². The zero-order chi connectivity index (χ0) is 20.8. The largest absolute Gasteiger partial charge is 0.467 e. The van der Waals surface area contributed by atoms with E-state index in [4.69, 9.17) is 21.0 Å². The van der Waals surface area contributed by atoms with Gasteiger partial charge in [-0.15, -0.1) is 0 Å². The fourth-order valence-corrected chi connectivity index (χ4v) is 4.47. The monoisotopic (exact) mass is 424 g/mol. The predicted octanol–water partition coefficient (Wildman–Crippen LogP) is 4.01. The normalized spacial score (nSPS) is 17.0. The summed E-state index contributed by atoms with van der Waals surface area (Å²) in [5, 5.41) is 5.30. The second kappa shape index (κ2) is 7.28. The van der Waals surface area contributed by atoms with Crippen LogP contribution in [0.4, 0.5) is 5.82 Å². The number of rotatable bonds is 3. The lowest BCUT2D eigenvalue weighted by Crippen LogP contribution is -2.34. The van der Waals surface area contributed by atoms with E-state index in [2.05, 4.69) is 20.0 Å². The molecule has 154 valence electrons. The molecular weight excluding hydrogens is 404 g/mol. The van der Waals surface area contributed by atoms with Crippen LogP contribution in [0.2, 0.25) is 5.02 Å². The molecule has 30 heavy (non-hydrogen) atoms. The highest BCUT2D eigenvalue weighted by Gasteiger charge is 2.29. The smallest absolute Gasteiger partial charge is 0.259 e. The molecule has 1 N–H and O–H groups in total. The fraction of sp³-hybridized carbons (Fsp3) is 0.333. The second-order valence-electron chi connectivity index (χ2n) is 7.54. The van der Waals surface area contributed by atoms with Gasteiger partial charge in [0.2, 0.25) is 0 Å². The molecule has 1 saturated heterocycles. The van der Waals surface area contributed by atoms with E-state index in [1.54, 1.807) is 30.3 Å². The van der Waals surface area contributed by atoms with Crippen molar-refractivity contribution in [3.8, 4) is 11.5 Å². The first-order valence-corrected chi connectivity index (χ1v) is 10.3. The Morgan fingerprint density at radius 1 is 1.30 bits per heavy atom. The quantitative estimate of drug-likeness (QED) is 0.534. The topological polar surface area (TPSA) is 92.8 Å². The number of pyridine rings is 1. The predicted molar refractivity (Wildman–Crippen MR) is 115 cm³/mol. The number of furan rings is 1. The van der Waals surface area contributed by atoms with Gasteiger partial charge in [0, 0.05) is 19.8 Å². The highest BCUT2D eigenvalue weighted by atomic mass is 35.5. The summed E-state index contributed by atoms with van der Waals surface area (Å²) < 4.78 is 7.33. The number of anilines is 1. The molecule has 1 unspecified atom stereocenters. The standard InChI is InChI=1S/C21H21ClN6O2/c1-12-16(22)18(27(2)26-12)19-24-17-13(21(29)25-19)8-9-23-20(17)28-10-4-3-6-14(28)15-7-5-11-30-15/h5,7-9,11,14H,3-4,6,10H2,1-2H3,(H,24,25,29). The van der Waals surface area contributed by atoms with Crippen LogP contribution < -0.4 is 10.5 Å². The van der Waals surface area contributed by atoms with Gasteiger partial charge in [-0.3, -0.25) is 9.48 Å². The number of halogens is 1. The van der Waals surface area contributed by atoms with E-state index in [0.29, 0.717) is 39.0 Å². The third-order valence-corrected chi connectivity index (χ3v) is 6.08. The number of hydrogen-bond acceptors (Lipinski definition) is 6. The van der Waals surface area contributed by atoms with Gasteiger partial charge in [-0.05, 0) is 44.4 Å². The molecule has 0 saturated carbocycles. The number of fused-ring (bicyclic) bond motifs is 1. The van der Waals surface area contributed by atoms with Crippen molar-refractivity contribution in [1.29, 1.82) is 0 Å². The van der Waals surface area contributed by atoms with Crippen molar-refractivity contribution in [3.63, 3.8) is 0 Å². The maximum Gasteiger partial charge on any atom is 0.259 e. The molecule has 4 aromatic heterocycles. The Morgan fingerprint density at radius 2 is 2.17 bits per heavy atom. The van der Waals surface area contributed by atoms with Crippen molar-refractivity contribution >= 4 is 28.3 Å². The summed E-state index contributed by atoms with van der Waals surface area (Å²) in [4.78, 5) is 27.4. The highest BCUT2D eigenvalue weighted by Crippen LogP contribution is 2.37. The maximum absolute atomic E-state index is 12.9. The van der Waals surface area contributed by atoms with Crippen LogP contribution in [-0.4, -0.2) is 31.3 Å². The molecule has 1 aliphatic heterocycles. The average molecular weight is 425 g/mol. The SMILES string of the molecule is Cc1nn(C)c(-c2nc3c(N4CCCCC4c4ccco4)nccc3c(=O)[nH]2)c1Cl. The zero-order valence-corrected chi connectivity index (χ0v) is 17.5. The third kappa shape index (κ3) is 2.99. The summed E-state index contributed by atoms with van der Waals surface area (Å²) in [6.07, 6.45) is 6.44. The van der Waals surface area contributed by atoms with Crippen molar-refractivity contribution in [3.05, 3.63) is 57.5 Å². The average Bonchev–Trinajstić information content (AvgIpc) is 3.36. The first-order chi connectivity index (χ1) is 14.5. The summed E-state index contributed by atoms with van der Waals surface area (Å²) in [6.45, 7) is 2.63. The van der Waals surface area contributed by atoms with Gasteiger partial charge in [0.25, 0.3) is 5.56 Å². The molecule has 0 radical (unpaired) electrons. The van der Waals surface area contributed by atoms with Crippen LogP contribution >= 0.6 is 11.6 Å². The molecule has 9 heteroatoms. The molecule has 0 aliphatic carbocycles. The van der Waals surface area contributed by atoms with E-state index in [9.17, 15) is 4.79 Å². The molecular formula is C21H21ClN6O2. The number of nitrogens with one attached hydrogen (secondary N) is 1. The maximum atomic E-state index is 12.9. The molecule has 5 heterocycles. The molecule has 1 atom stereocenters. The Bertz CT molecular complexity index is 1280. The molecule has 0 amide bonds. The third-order valence-electron chi connectivity index (χ3n) is 5.63. The lowest BCUT2D eigenvalue weighted by Gasteiger charge is -2.35. The van der Waals surface area contributed by atoms with E-state index in [-0.39, 0.29) is 11.6 Å². The minimum Gasteiger partial charge on any atom is -0.467 e. The Hall–Kier alpha value is -3.13. The van der Waals surface area contributed by atoms with Gasteiger partial charge in [0.05, 0.1) is 28.4 Å². The van der Waals surface area contributed by atoms with Crippen LogP contribution in [0, 0.1) is 6.92 Å². The molecule has 0 spiro atoms. The van der Waals surface area contributed by atoms with Gasteiger partial charge in [-0.1, -0.05) is 11.6 Å². The molecule has 8 nitrogen and oxygen atoms in total. The summed E-state index contributed by atoms with van der Waals surface area (Å²) in [7, 11) is 1.78. The van der Waals surface area contributed by atoms with Gasteiger partial charge in [-0.25, -0.2) is 9.97 Å². The van der Waals surface area contributed by atoms with Gasteiger partial charge in [0.15, 0.2) is 11.6 Å². The highest BCUT2D eigenvalue weighted by molar-refractivity contribution is 6.33. The van der Waals surface area contributed by atoms with Gasteiger partial charge in [-0.2, -0.15) is 5.10 Å². The molecule has 5 rings (SSSR count). The Kier molecular flexibility index (Phi) is 4.58. The van der Waals surface area contributed by atoms with E-state index in [1.165, 1.54) is 0 Å².